The standard InChI is InChI=1S/C20H25N3O2/c1-5-6-18-11-14(2)19(13-21-18)25-20-10-9-17(12-22-20)8-7-15(3)23-16(4)24/h7-13,15H,5-6H2,1-4H3,(H,23,24)/b8-7+/t15-/m0/s1. The fraction of sp³-hybridized carbons (Fsp3) is 0.350. The van der Waals surface area contributed by atoms with Gasteiger partial charge in [0, 0.05) is 30.9 Å². The van der Waals surface area contributed by atoms with Gasteiger partial charge in [-0.2, -0.15) is 0 Å². The first kappa shape index (κ1) is 18.6. The molecule has 0 bridgehead atoms. The highest BCUT2D eigenvalue weighted by molar-refractivity contribution is 5.73. The number of aromatic nitrogens is 2. The Kier molecular flexibility index (Phi) is 6.69. The van der Waals surface area contributed by atoms with Crippen molar-refractivity contribution in [1.82, 2.24) is 15.3 Å². The molecule has 1 N–H and O–H groups in total. The predicted octanol–water partition coefficient (Wildman–Crippen LogP) is 4.07. The molecule has 25 heavy (non-hydrogen) atoms. The van der Waals surface area contributed by atoms with Crippen molar-refractivity contribution in [3.8, 4) is 11.6 Å². The maximum absolute atomic E-state index is 11.0. The molecule has 0 saturated carbocycles. The van der Waals surface area contributed by atoms with Crippen LogP contribution in [0, 0.1) is 6.92 Å². The van der Waals surface area contributed by atoms with E-state index in [-0.39, 0.29) is 11.9 Å². The van der Waals surface area contributed by atoms with Gasteiger partial charge in [0.15, 0.2) is 5.75 Å². The Morgan fingerprint density at radius 1 is 1.32 bits per heavy atom. The zero-order valence-corrected chi connectivity index (χ0v) is 15.2. The van der Waals surface area contributed by atoms with Crippen LogP contribution >= 0.6 is 0 Å². The van der Waals surface area contributed by atoms with Crippen LogP contribution in [-0.4, -0.2) is 21.9 Å². The summed E-state index contributed by atoms with van der Waals surface area (Å²) in [5.41, 5.74) is 3.07. The van der Waals surface area contributed by atoms with Gasteiger partial charge in [-0.3, -0.25) is 9.78 Å². The van der Waals surface area contributed by atoms with Crippen molar-refractivity contribution in [3.63, 3.8) is 0 Å². The minimum atomic E-state index is -0.0482. The van der Waals surface area contributed by atoms with E-state index in [4.69, 9.17) is 4.74 Å². The van der Waals surface area contributed by atoms with Gasteiger partial charge in [0.2, 0.25) is 11.8 Å². The minimum absolute atomic E-state index is 0.0243. The van der Waals surface area contributed by atoms with Crippen LogP contribution in [0.25, 0.3) is 6.08 Å². The van der Waals surface area contributed by atoms with Crippen LogP contribution in [0.4, 0.5) is 0 Å². The summed E-state index contributed by atoms with van der Waals surface area (Å²) in [6.07, 6.45) is 9.37. The van der Waals surface area contributed by atoms with Crippen molar-refractivity contribution in [2.75, 3.05) is 0 Å². The average molecular weight is 339 g/mol. The van der Waals surface area contributed by atoms with Gasteiger partial charge >= 0.3 is 0 Å². The van der Waals surface area contributed by atoms with Crippen LogP contribution in [0.2, 0.25) is 0 Å². The number of aryl methyl sites for hydroxylation is 2. The van der Waals surface area contributed by atoms with Crippen molar-refractivity contribution in [3.05, 3.63) is 53.5 Å². The number of carbonyl (C=O) groups is 1. The molecule has 0 aliphatic carbocycles. The first-order chi connectivity index (χ1) is 12.0. The maximum Gasteiger partial charge on any atom is 0.219 e. The van der Waals surface area contributed by atoms with Gasteiger partial charge in [-0.1, -0.05) is 25.5 Å². The van der Waals surface area contributed by atoms with Gasteiger partial charge in [0.05, 0.1) is 6.20 Å². The predicted molar refractivity (Wildman–Crippen MR) is 99.6 cm³/mol. The number of carbonyl (C=O) groups excluding carboxylic acids is 1. The van der Waals surface area contributed by atoms with E-state index >= 15 is 0 Å². The fourth-order valence-electron chi connectivity index (χ4n) is 2.39. The summed E-state index contributed by atoms with van der Waals surface area (Å²) in [6, 6.07) is 5.78. The molecule has 0 spiro atoms. The SMILES string of the molecule is CCCc1cc(C)c(Oc2ccc(/C=C/[C@H](C)NC(C)=O)cn2)cn1. The van der Waals surface area contributed by atoms with Crippen molar-refractivity contribution in [2.24, 2.45) is 0 Å². The molecule has 2 aromatic heterocycles. The van der Waals surface area contributed by atoms with Crippen LogP contribution in [0.1, 0.15) is 44.0 Å². The third kappa shape index (κ3) is 6.03. The highest BCUT2D eigenvalue weighted by Crippen LogP contribution is 2.23. The molecule has 1 amide bonds. The Balaban J connectivity index is 2.00. The summed E-state index contributed by atoms with van der Waals surface area (Å²) in [5, 5.41) is 2.80. The molecule has 132 valence electrons. The van der Waals surface area contributed by atoms with Crippen molar-refractivity contribution >= 4 is 12.0 Å². The second-order valence-corrected chi connectivity index (χ2v) is 6.07. The lowest BCUT2D eigenvalue weighted by atomic mass is 10.2. The Hall–Kier alpha value is -2.69. The highest BCUT2D eigenvalue weighted by Gasteiger charge is 2.05. The van der Waals surface area contributed by atoms with E-state index in [9.17, 15) is 4.79 Å². The van der Waals surface area contributed by atoms with Gasteiger partial charge in [0.25, 0.3) is 0 Å². The molecule has 1 atom stereocenters. The Labute approximate surface area is 149 Å². The zero-order valence-electron chi connectivity index (χ0n) is 15.2. The lowest BCUT2D eigenvalue weighted by molar-refractivity contribution is -0.119. The lowest BCUT2D eigenvalue weighted by Gasteiger charge is -2.09. The summed E-state index contributed by atoms with van der Waals surface area (Å²) in [6.45, 7) is 7.57. The van der Waals surface area contributed by atoms with Crippen LogP contribution in [-0.2, 0) is 11.2 Å². The van der Waals surface area contributed by atoms with Gasteiger partial charge in [-0.05, 0) is 43.5 Å². The van der Waals surface area contributed by atoms with E-state index < -0.39 is 0 Å². The second-order valence-electron chi connectivity index (χ2n) is 6.07. The number of nitrogens with one attached hydrogen (secondary N) is 1. The van der Waals surface area contributed by atoms with E-state index in [1.807, 2.05) is 38.1 Å². The lowest BCUT2D eigenvalue weighted by Crippen LogP contribution is -2.28. The Morgan fingerprint density at radius 2 is 2.12 bits per heavy atom. The molecule has 0 unspecified atom stereocenters. The number of hydrogen-bond donors (Lipinski definition) is 1. The molecule has 0 fully saturated rings. The quantitative estimate of drug-likeness (QED) is 0.826. The number of rotatable bonds is 7. The number of hydrogen-bond acceptors (Lipinski definition) is 4. The highest BCUT2D eigenvalue weighted by atomic mass is 16.5. The summed E-state index contributed by atoms with van der Waals surface area (Å²) < 4.78 is 5.82. The molecule has 0 aliphatic heterocycles. The summed E-state index contributed by atoms with van der Waals surface area (Å²) >= 11 is 0. The average Bonchev–Trinajstić information content (AvgIpc) is 2.56. The molecule has 2 aromatic rings. The molecule has 0 radical (unpaired) electrons. The smallest absolute Gasteiger partial charge is 0.219 e. The summed E-state index contributed by atoms with van der Waals surface area (Å²) in [7, 11) is 0. The molecular formula is C20H25N3O2. The molecule has 5 heteroatoms. The largest absolute Gasteiger partial charge is 0.437 e. The van der Waals surface area contributed by atoms with E-state index in [1.54, 1.807) is 12.4 Å². The maximum atomic E-state index is 11.0. The van der Waals surface area contributed by atoms with Crippen molar-refractivity contribution < 1.29 is 9.53 Å². The summed E-state index contributed by atoms with van der Waals surface area (Å²) in [4.78, 5) is 19.7. The monoisotopic (exact) mass is 339 g/mol. The molecule has 2 heterocycles. The van der Waals surface area contributed by atoms with Crippen LogP contribution in [0.5, 0.6) is 11.6 Å². The van der Waals surface area contributed by atoms with E-state index in [0.29, 0.717) is 5.88 Å². The van der Waals surface area contributed by atoms with Crippen LogP contribution < -0.4 is 10.1 Å². The number of ether oxygens (including phenoxy) is 1. The topological polar surface area (TPSA) is 64.1 Å². The summed E-state index contributed by atoms with van der Waals surface area (Å²) in [5.74, 6) is 1.20. The Bertz CT molecular complexity index is 739. The van der Waals surface area contributed by atoms with Gasteiger partial charge < -0.3 is 10.1 Å². The number of amides is 1. The third-order valence-corrected chi connectivity index (χ3v) is 3.61. The van der Waals surface area contributed by atoms with Crippen molar-refractivity contribution in [1.29, 1.82) is 0 Å². The van der Waals surface area contributed by atoms with Gasteiger partial charge in [0.1, 0.15) is 0 Å². The van der Waals surface area contributed by atoms with Gasteiger partial charge in [-0.15, -0.1) is 0 Å². The van der Waals surface area contributed by atoms with Crippen molar-refractivity contribution in [2.45, 2.75) is 46.6 Å². The normalized spacial score (nSPS) is 12.2. The third-order valence-electron chi connectivity index (χ3n) is 3.61. The van der Waals surface area contributed by atoms with Gasteiger partial charge in [-0.25, -0.2) is 4.98 Å². The number of pyridine rings is 2. The first-order valence-electron chi connectivity index (χ1n) is 8.52. The first-order valence-corrected chi connectivity index (χ1v) is 8.52. The molecule has 0 saturated heterocycles. The van der Waals surface area contributed by atoms with E-state index in [1.165, 1.54) is 6.92 Å². The molecule has 0 aliphatic rings. The molecule has 0 aromatic carbocycles. The second kappa shape index (κ2) is 8.97. The fourth-order valence-corrected chi connectivity index (χ4v) is 2.39. The van der Waals surface area contributed by atoms with E-state index in [0.717, 1.165) is 35.4 Å². The number of nitrogens with zero attached hydrogens (tertiary/aromatic N) is 2. The van der Waals surface area contributed by atoms with Crippen LogP contribution in [0.15, 0.2) is 36.7 Å². The molecule has 5 nitrogen and oxygen atoms in total. The molecular weight excluding hydrogens is 314 g/mol. The van der Waals surface area contributed by atoms with Crippen LogP contribution in [0.3, 0.4) is 0 Å². The molecule has 2 rings (SSSR count). The van der Waals surface area contributed by atoms with E-state index in [2.05, 4.69) is 28.3 Å². The zero-order chi connectivity index (χ0) is 18.2. The minimum Gasteiger partial charge on any atom is -0.437 e. The Morgan fingerprint density at radius 3 is 2.72 bits per heavy atom.